The summed E-state index contributed by atoms with van der Waals surface area (Å²) in [6, 6.07) is 18.7. The van der Waals surface area contributed by atoms with E-state index in [0.717, 1.165) is 17.0 Å². The van der Waals surface area contributed by atoms with Crippen LogP contribution >= 0.6 is 0 Å². The summed E-state index contributed by atoms with van der Waals surface area (Å²) in [5.74, 6) is 0.973. The van der Waals surface area contributed by atoms with E-state index in [-0.39, 0.29) is 11.5 Å². The lowest BCUT2D eigenvalue weighted by molar-refractivity contribution is 0.0984. The number of aromatic nitrogens is 1. The van der Waals surface area contributed by atoms with Gasteiger partial charge in [0, 0.05) is 31.6 Å². The average molecular weight is 435 g/mol. The van der Waals surface area contributed by atoms with Gasteiger partial charge in [0.1, 0.15) is 5.75 Å². The first-order chi connectivity index (χ1) is 15.4. The average Bonchev–Trinajstić information content (AvgIpc) is 2.82. The maximum atomic E-state index is 13.6. The van der Waals surface area contributed by atoms with Crippen molar-refractivity contribution < 1.29 is 14.3 Å². The lowest BCUT2D eigenvalue weighted by Crippen LogP contribution is -2.32. The van der Waals surface area contributed by atoms with Gasteiger partial charge in [-0.25, -0.2) is 0 Å². The minimum atomic E-state index is -0.186. The van der Waals surface area contributed by atoms with Crippen LogP contribution in [0.1, 0.15) is 41.3 Å². The molecule has 0 atom stereocenters. The van der Waals surface area contributed by atoms with Crippen LogP contribution in [0.4, 0.5) is 5.69 Å². The number of anilines is 1. The molecule has 0 aliphatic carbocycles. The summed E-state index contributed by atoms with van der Waals surface area (Å²) in [5, 5.41) is 0. The van der Waals surface area contributed by atoms with Gasteiger partial charge in [0.25, 0.3) is 11.5 Å². The number of carbonyl (C=O) groups excluding carboxylic acids is 1. The summed E-state index contributed by atoms with van der Waals surface area (Å²) in [7, 11) is 3.19. The number of methoxy groups -OCH3 is 2. The Morgan fingerprint density at radius 1 is 0.969 bits per heavy atom. The summed E-state index contributed by atoms with van der Waals surface area (Å²) < 4.78 is 11.8. The third-order valence-corrected chi connectivity index (χ3v) is 5.38. The van der Waals surface area contributed by atoms with Crippen molar-refractivity contribution in [1.29, 1.82) is 0 Å². The lowest BCUT2D eigenvalue weighted by atomic mass is 10.0. The van der Waals surface area contributed by atoms with Gasteiger partial charge >= 0.3 is 0 Å². The highest BCUT2D eigenvalue weighted by Gasteiger charge is 2.19. The van der Waals surface area contributed by atoms with Crippen LogP contribution in [0.5, 0.6) is 5.75 Å². The van der Waals surface area contributed by atoms with Crippen LogP contribution in [0.3, 0.4) is 0 Å². The van der Waals surface area contributed by atoms with E-state index in [2.05, 4.69) is 38.1 Å². The molecule has 2 aromatic carbocycles. The molecule has 3 rings (SSSR count). The monoisotopic (exact) mass is 434 g/mol. The van der Waals surface area contributed by atoms with Crippen LogP contribution in [0.25, 0.3) is 0 Å². The summed E-state index contributed by atoms with van der Waals surface area (Å²) in [6.07, 6.45) is 1.60. The molecule has 0 N–H and O–H groups in total. The molecule has 1 amide bonds. The van der Waals surface area contributed by atoms with Crippen molar-refractivity contribution in [3.8, 4) is 5.75 Å². The van der Waals surface area contributed by atoms with Gasteiger partial charge in [0.2, 0.25) is 0 Å². The van der Waals surface area contributed by atoms with Crippen LogP contribution in [-0.4, -0.2) is 31.3 Å². The first-order valence-corrected chi connectivity index (χ1v) is 10.7. The Morgan fingerprint density at radius 2 is 1.66 bits per heavy atom. The second-order valence-corrected chi connectivity index (χ2v) is 7.93. The van der Waals surface area contributed by atoms with Crippen molar-refractivity contribution in [1.82, 2.24) is 4.57 Å². The third kappa shape index (κ3) is 5.65. The van der Waals surface area contributed by atoms with Gasteiger partial charge in [0.15, 0.2) is 0 Å². The van der Waals surface area contributed by atoms with Crippen LogP contribution in [0.2, 0.25) is 0 Å². The molecule has 6 heteroatoms. The van der Waals surface area contributed by atoms with Crippen molar-refractivity contribution >= 4 is 11.6 Å². The van der Waals surface area contributed by atoms with Crippen molar-refractivity contribution in [3.05, 3.63) is 93.9 Å². The largest absolute Gasteiger partial charge is 0.497 e. The molecule has 0 aliphatic rings. The highest BCUT2D eigenvalue weighted by atomic mass is 16.5. The van der Waals surface area contributed by atoms with Crippen LogP contribution in [0.15, 0.2) is 71.7 Å². The number of ether oxygens (including phenoxy) is 2. The number of benzene rings is 2. The third-order valence-electron chi connectivity index (χ3n) is 5.38. The van der Waals surface area contributed by atoms with Gasteiger partial charge < -0.3 is 18.9 Å². The van der Waals surface area contributed by atoms with E-state index in [0.29, 0.717) is 31.2 Å². The van der Waals surface area contributed by atoms with Crippen molar-refractivity contribution in [2.45, 2.75) is 32.9 Å². The molecule has 1 heterocycles. The molecular formula is C26H30N2O4. The first-order valence-electron chi connectivity index (χ1n) is 10.7. The summed E-state index contributed by atoms with van der Waals surface area (Å²) >= 11 is 0. The quantitative estimate of drug-likeness (QED) is 0.498. The smallest absolute Gasteiger partial charge is 0.260 e. The molecule has 1 aromatic heterocycles. The topological polar surface area (TPSA) is 60.8 Å². The SMILES string of the molecule is COCCn1cc(C(=O)N(Cc2ccc(C(C)C)cc2)c2ccc(OC)cc2)ccc1=O. The van der Waals surface area contributed by atoms with Crippen LogP contribution in [-0.2, 0) is 17.8 Å². The molecular weight excluding hydrogens is 404 g/mol. The van der Waals surface area contributed by atoms with E-state index in [1.807, 2.05) is 24.3 Å². The van der Waals surface area contributed by atoms with Gasteiger partial charge in [-0.05, 0) is 47.4 Å². The minimum Gasteiger partial charge on any atom is -0.497 e. The fourth-order valence-corrected chi connectivity index (χ4v) is 3.41. The molecule has 0 bridgehead atoms. The van der Waals surface area contributed by atoms with Crippen molar-refractivity contribution in [3.63, 3.8) is 0 Å². The Morgan fingerprint density at radius 3 is 2.25 bits per heavy atom. The van der Waals surface area contributed by atoms with Gasteiger partial charge in [0.05, 0.1) is 25.8 Å². The van der Waals surface area contributed by atoms with E-state index in [4.69, 9.17) is 9.47 Å². The molecule has 0 saturated carbocycles. The Hall–Kier alpha value is -3.38. The number of hydrogen-bond donors (Lipinski definition) is 0. The molecule has 0 aliphatic heterocycles. The molecule has 168 valence electrons. The van der Waals surface area contributed by atoms with E-state index in [9.17, 15) is 9.59 Å². The Bertz CT molecular complexity index is 1090. The van der Waals surface area contributed by atoms with Crippen LogP contribution < -0.4 is 15.2 Å². The molecule has 0 saturated heterocycles. The maximum absolute atomic E-state index is 13.6. The van der Waals surface area contributed by atoms with Gasteiger partial charge in [-0.3, -0.25) is 9.59 Å². The van der Waals surface area contributed by atoms with Gasteiger partial charge in [-0.2, -0.15) is 0 Å². The zero-order valence-electron chi connectivity index (χ0n) is 19.1. The minimum absolute atomic E-state index is 0.168. The van der Waals surface area contributed by atoms with E-state index in [1.165, 1.54) is 16.2 Å². The van der Waals surface area contributed by atoms with E-state index >= 15 is 0 Å². The van der Waals surface area contributed by atoms with Gasteiger partial charge in [-0.1, -0.05) is 38.1 Å². The molecule has 0 fully saturated rings. The first kappa shape index (κ1) is 23.3. The normalized spacial score (nSPS) is 10.9. The second kappa shape index (κ2) is 10.8. The predicted octanol–water partition coefficient (Wildman–Crippen LogP) is 4.47. The Kier molecular flexibility index (Phi) is 7.84. The predicted molar refractivity (Wildman–Crippen MR) is 127 cm³/mol. The number of rotatable bonds is 9. The van der Waals surface area contributed by atoms with Crippen LogP contribution in [0, 0.1) is 0 Å². The molecule has 0 unspecified atom stereocenters. The molecule has 6 nitrogen and oxygen atoms in total. The molecule has 0 spiro atoms. The van der Waals surface area contributed by atoms with Crippen molar-refractivity contribution in [2.24, 2.45) is 0 Å². The zero-order chi connectivity index (χ0) is 23.1. The highest BCUT2D eigenvalue weighted by molar-refractivity contribution is 6.05. The number of nitrogens with zero attached hydrogens (tertiary/aromatic N) is 2. The number of carbonyl (C=O) groups is 1. The van der Waals surface area contributed by atoms with E-state index < -0.39 is 0 Å². The zero-order valence-corrected chi connectivity index (χ0v) is 19.1. The summed E-state index contributed by atoms with van der Waals surface area (Å²) in [6.45, 7) is 5.49. The number of pyridine rings is 1. The standard InChI is InChI=1S/C26H30N2O4/c1-19(2)21-7-5-20(6-8-21)17-28(23-10-12-24(32-4)13-11-23)26(30)22-9-14-25(29)27(18-22)15-16-31-3/h5-14,18-19H,15-17H2,1-4H3. The maximum Gasteiger partial charge on any atom is 0.260 e. The number of hydrogen-bond acceptors (Lipinski definition) is 4. The molecule has 32 heavy (non-hydrogen) atoms. The fourth-order valence-electron chi connectivity index (χ4n) is 3.41. The molecule has 3 aromatic rings. The number of amides is 1. The Labute approximate surface area is 189 Å². The second-order valence-electron chi connectivity index (χ2n) is 7.93. The highest BCUT2D eigenvalue weighted by Crippen LogP contribution is 2.24. The van der Waals surface area contributed by atoms with E-state index in [1.54, 1.807) is 31.4 Å². The van der Waals surface area contributed by atoms with Crippen molar-refractivity contribution in [2.75, 3.05) is 25.7 Å². The summed E-state index contributed by atoms with van der Waals surface area (Å²) in [5.41, 5.74) is 3.29. The van der Waals surface area contributed by atoms with Gasteiger partial charge in [-0.15, -0.1) is 0 Å². The molecule has 0 radical (unpaired) electrons. The summed E-state index contributed by atoms with van der Waals surface area (Å²) in [4.78, 5) is 27.4. The Balaban J connectivity index is 1.95. The lowest BCUT2D eigenvalue weighted by Gasteiger charge is -2.24. The fraction of sp³-hybridized carbons (Fsp3) is 0.308.